The number of nitrogens with zero attached hydrogens (tertiary/aromatic N) is 2. The summed E-state index contributed by atoms with van der Waals surface area (Å²) in [6.07, 6.45) is 3.75. The topological polar surface area (TPSA) is 65.8 Å². The highest BCUT2D eigenvalue weighted by Crippen LogP contribution is 2.26. The number of hydrogen-bond donors (Lipinski definition) is 1. The Labute approximate surface area is 156 Å². The molecule has 0 radical (unpaired) electrons. The molecule has 1 aromatic heterocycles. The number of anilines is 2. The molecule has 132 valence electrons. The third kappa shape index (κ3) is 3.01. The molecule has 0 bridgehead atoms. The summed E-state index contributed by atoms with van der Waals surface area (Å²) in [5, 5.41) is 2.64. The number of para-hydroxylation sites is 1. The Morgan fingerprint density at radius 3 is 2.50 bits per heavy atom. The maximum Gasteiger partial charge on any atom is 0.270 e. The first-order valence-corrected chi connectivity index (χ1v) is 8.85. The van der Waals surface area contributed by atoms with Crippen LogP contribution >= 0.6 is 12.2 Å². The van der Waals surface area contributed by atoms with Crippen LogP contribution in [-0.2, 0) is 9.59 Å². The predicted molar refractivity (Wildman–Crippen MR) is 103 cm³/mol. The molecule has 0 saturated carbocycles. The number of amides is 2. The van der Waals surface area contributed by atoms with Gasteiger partial charge in [-0.1, -0.05) is 18.2 Å². The van der Waals surface area contributed by atoms with E-state index in [9.17, 15) is 9.59 Å². The summed E-state index contributed by atoms with van der Waals surface area (Å²) in [5.74, 6) is 0.232. The standard InChI is InChI=1S/C19H17N3O3S/c23-17-15(12-14-8-9-16(25-14)21-10-4-5-11-21)18(24)22(19(26)20-17)13-6-2-1-3-7-13/h1-3,6-9,12H,4-5,10-11H2,(H,20,23,26)/b15-12-. The number of thiocarbonyl (C=S) groups is 1. The SMILES string of the molecule is O=C1NC(=S)N(c2ccccc2)C(=O)/C1=C\c1ccc(N2CCCC2)o1. The van der Waals surface area contributed by atoms with Crippen LogP contribution in [0, 0.1) is 0 Å². The van der Waals surface area contributed by atoms with Crippen LogP contribution in [0.25, 0.3) is 6.08 Å². The quantitative estimate of drug-likeness (QED) is 0.513. The van der Waals surface area contributed by atoms with E-state index in [0.29, 0.717) is 11.4 Å². The Balaban J connectivity index is 1.64. The van der Waals surface area contributed by atoms with Gasteiger partial charge in [0.15, 0.2) is 11.0 Å². The lowest BCUT2D eigenvalue weighted by Gasteiger charge is -2.28. The summed E-state index contributed by atoms with van der Waals surface area (Å²) in [4.78, 5) is 28.6. The van der Waals surface area contributed by atoms with E-state index in [2.05, 4.69) is 10.2 Å². The summed E-state index contributed by atoms with van der Waals surface area (Å²) in [6.45, 7) is 1.91. The van der Waals surface area contributed by atoms with Crippen LogP contribution in [0.1, 0.15) is 18.6 Å². The zero-order valence-electron chi connectivity index (χ0n) is 14.0. The van der Waals surface area contributed by atoms with Crippen molar-refractivity contribution in [3.63, 3.8) is 0 Å². The van der Waals surface area contributed by atoms with Gasteiger partial charge in [0, 0.05) is 19.2 Å². The van der Waals surface area contributed by atoms with E-state index in [1.807, 2.05) is 12.1 Å². The predicted octanol–water partition coefficient (Wildman–Crippen LogP) is 2.71. The van der Waals surface area contributed by atoms with Crippen LogP contribution in [0.2, 0.25) is 0 Å². The van der Waals surface area contributed by atoms with E-state index < -0.39 is 11.8 Å². The molecule has 1 aromatic carbocycles. The first-order valence-electron chi connectivity index (χ1n) is 8.45. The first kappa shape index (κ1) is 16.5. The van der Waals surface area contributed by atoms with Crippen LogP contribution < -0.4 is 15.1 Å². The van der Waals surface area contributed by atoms with Gasteiger partial charge in [-0.25, -0.2) is 0 Å². The molecule has 0 atom stereocenters. The van der Waals surface area contributed by atoms with Gasteiger partial charge < -0.3 is 9.32 Å². The van der Waals surface area contributed by atoms with Crippen LogP contribution in [0.5, 0.6) is 0 Å². The van der Waals surface area contributed by atoms with Gasteiger partial charge in [-0.3, -0.25) is 19.8 Å². The minimum Gasteiger partial charge on any atom is -0.441 e. The van der Waals surface area contributed by atoms with Crippen molar-refractivity contribution in [1.82, 2.24) is 5.32 Å². The van der Waals surface area contributed by atoms with Crippen LogP contribution in [0.4, 0.5) is 11.6 Å². The zero-order valence-corrected chi connectivity index (χ0v) is 14.8. The second-order valence-electron chi connectivity index (χ2n) is 6.16. The lowest BCUT2D eigenvalue weighted by Crippen LogP contribution is -2.54. The molecule has 2 aromatic rings. The maximum absolute atomic E-state index is 12.9. The minimum atomic E-state index is -0.522. The molecule has 2 aliphatic heterocycles. The fourth-order valence-electron chi connectivity index (χ4n) is 3.14. The fourth-order valence-corrected chi connectivity index (χ4v) is 3.42. The van der Waals surface area contributed by atoms with Crippen molar-refractivity contribution in [3.05, 3.63) is 53.8 Å². The summed E-state index contributed by atoms with van der Waals surface area (Å²) in [5.41, 5.74) is 0.593. The highest BCUT2D eigenvalue weighted by molar-refractivity contribution is 7.80. The van der Waals surface area contributed by atoms with Crippen LogP contribution in [0.3, 0.4) is 0 Å². The van der Waals surface area contributed by atoms with Gasteiger partial charge in [0.1, 0.15) is 11.3 Å². The van der Waals surface area contributed by atoms with Gasteiger partial charge in [-0.05, 0) is 49.3 Å². The summed E-state index contributed by atoms with van der Waals surface area (Å²) in [7, 11) is 0. The highest BCUT2D eigenvalue weighted by Gasteiger charge is 2.34. The molecule has 0 aliphatic carbocycles. The Morgan fingerprint density at radius 2 is 1.77 bits per heavy atom. The van der Waals surface area contributed by atoms with Gasteiger partial charge >= 0.3 is 0 Å². The largest absolute Gasteiger partial charge is 0.441 e. The number of carbonyl (C=O) groups excluding carboxylic acids is 2. The number of nitrogens with one attached hydrogen (secondary N) is 1. The maximum atomic E-state index is 12.9. The number of hydrogen-bond acceptors (Lipinski definition) is 5. The van der Waals surface area contributed by atoms with Crippen molar-refractivity contribution < 1.29 is 14.0 Å². The highest BCUT2D eigenvalue weighted by atomic mass is 32.1. The Morgan fingerprint density at radius 1 is 1.04 bits per heavy atom. The van der Waals surface area contributed by atoms with Gasteiger partial charge in [0.05, 0.1) is 5.69 Å². The Hall–Kier alpha value is -2.93. The molecule has 3 heterocycles. The van der Waals surface area contributed by atoms with E-state index in [-0.39, 0.29) is 10.7 Å². The molecule has 7 heteroatoms. The molecule has 1 N–H and O–H groups in total. The molecule has 26 heavy (non-hydrogen) atoms. The van der Waals surface area contributed by atoms with E-state index >= 15 is 0 Å². The minimum absolute atomic E-state index is 0.00947. The van der Waals surface area contributed by atoms with E-state index in [4.69, 9.17) is 16.6 Å². The van der Waals surface area contributed by atoms with Crippen LogP contribution in [0.15, 0.2) is 52.5 Å². The molecule has 2 aliphatic rings. The normalized spacial score (nSPS) is 19.4. The van der Waals surface area contributed by atoms with Gasteiger partial charge in [0.25, 0.3) is 11.8 Å². The molecule has 2 fully saturated rings. The average molecular weight is 367 g/mol. The molecule has 4 rings (SSSR count). The monoisotopic (exact) mass is 367 g/mol. The summed E-state index contributed by atoms with van der Waals surface area (Å²) in [6, 6.07) is 12.6. The van der Waals surface area contributed by atoms with E-state index in [1.54, 1.807) is 30.3 Å². The molecular weight excluding hydrogens is 350 g/mol. The fraction of sp³-hybridized carbons (Fsp3) is 0.211. The molecule has 0 spiro atoms. The van der Waals surface area contributed by atoms with Crippen molar-refractivity contribution in [2.45, 2.75) is 12.8 Å². The van der Waals surface area contributed by atoms with Gasteiger partial charge in [0.2, 0.25) is 0 Å². The second kappa shape index (κ2) is 6.76. The zero-order chi connectivity index (χ0) is 18.1. The van der Waals surface area contributed by atoms with Gasteiger partial charge in [-0.15, -0.1) is 0 Å². The third-order valence-corrected chi connectivity index (χ3v) is 4.72. The smallest absolute Gasteiger partial charge is 0.270 e. The lowest BCUT2D eigenvalue weighted by molar-refractivity contribution is -0.122. The number of carbonyl (C=O) groups is 2. The van der Waals surface area contributed by atoms with Crippen molar-refractivity contribution in [3.8, 4) is 0 Å². The van der Waals surface area contributed by atoms with E-state index in [0.717, 1.165) is 31.8 Å². The molecule has 6 nitrogen and oxygen atoms in total. The third-order valence-electron chi connectivity index (χ3n) is 4.43. The second-order valence-corrected chi connectivity index (χ2v) is 6.55. The van der Waals surface area contributed by atoms with E-state index in [1.165, 1.54) is 11.0 Å². The Kier molecular flexibility index (Phi) is 4.30. The van der Waals surface area contributed by atoms with Crippen molar-refractivity contribution >= 4 is 46.8 Å². The Bertz CT molecular complexity index is 898. The first-order chi connectivity index (χ1) is 12.6. The van der Waals surface area contributed by atoms with Crippen molar-refractivity contribution in [1.29, 1.82) is 0 Å². The molecule has 2 amide bonds. The van der Waals surface area contributed by atoms with Crippen LogP contribution in [-0.4, -0.2) is 30.0 Å². The van der Waals surface area contributed by atoms with Crippen molar-refractivity contribution in [2.24, 2.45) is 0 Å². The average Bonchev–Trinajstić information content (AvgIpc) is 3.31. The molecule has 2 saturated heterocycles. The number of furan rings is 1. The number of benzene rings is 1. The summed E-state index contributed by atoms with van der Waals surface area (Å²) >= 11 is 5.17. The molecule has 0 unspecified atom stereocenters. The lowest BCUT2D eigenvalue weighted by atomic mass is 10.1. The van der Waals surface area contributed by atoms with Gasteiger partial charge in [-0.2, -0.15) is 0 Å². The summed E-state index contributed by atoms with van der Waals surface area (Å²) < 4.78 is 5.80. The number of rotatable bonds is 3. The molecular formula is C19H17N3O3S. The van der Waals surface area contributed by atoms with Crippen molar-refractivity contribution in [2.75, 3.05) is 22.9 Å².